The lowest BCUT2D eigenvalue weighted by atomic mass is 10.3. The topological polar surface area (TPSA) is 55.1 Å². The summed E-state index contributed by atoms with van der Waals surface area (Å²) in [5.74, 6) is -0.246. The van der Waals surface area contributed by atoms with E-state index in [-0.39, 0.29) is 5.91 Å². The molecule has 1 amide bonds. The summed E-state index contributed by atoms with van der Waals surface area (Å²) in [6.45, 7) is 1.86. The number of anilines is 2. The average Bonchev–Trinajstić information content (AvgIpc) is 2.64. The molecular weight excluding hydrogens is 291 g/mol. The zero-order valence-electron chi connectivity index (χ0n) is 9.46. The first-order chi connectivity index (χ1) is 8.47. The summed E-state index contributed by atoms with van der Waals surface area (Å²) in [6, 6.07) is 6.54. The van der Waals surface area contributed by atoms with Gasteiger partial charge in [0.15, 0.2) is 0 Å². The van der Waals surface area contributed by atoms with E-state index in [4.69, 9.17) is 28.9 Å². The highest BCUT2D eigenvalue weighted by Crippen LogP contribution is 2.28. The predicted molar refractivity (Wildman–Crippen MR) is 77.9 cm³/mol. The molecule has 94 valence electrons. The maximum absolute atomic E-state index is 12.0. The smallest absolute Gasteiger partial charge is 0.265 e. The van der Waals surface area contributed by atoms with Gasteiger partial charge in [0, 0.05) is 15.6 Å². The van der Waals surface area contributed by atoms with Crippen LogP contribution in [0.1, 0.15) is 14.5 Å². The highest BCUT2D eigenvalue weighted by Gasteiger charge is 2.12. The van der Waals surface area contributed by atoms with E-state index in [0.717, 1.165) is 4.88 Å². The van der Waals surface area contributed by atoms with Crippen LogP contribution in [0.3, 0.4) is 0 Å². The molecule has 1 heterocycles. The second-order valence-corrected chi connectivity index (χ2v) is 5.80. The van der Waals surface area contributed by atoms with E-state index in [1.807, 2.05) is 6.92 Å². The average molecular weight is 301 g/mol. The summed E-state index contributed by atoms with van der Waals surface area (Å²) in [4.78, 5) is 13.4. The number of thiophene rings is 1. The number of amides is 1. The monoisotopic (exact) mass is 300 g/mol. The predicted octanol–water partition coefficient (Wildman–Crippen LogP) is 4.20. The summed E-state index contributed by atoms with van der Waals surface area (Å²) < 4.78 is 0. The van der Waals surface area contributed by atoms with Crippen LogP contribution in [0.4, 0.5) is 11.4 Å². The molecule has 0 unspecified atom stereocenters. The van der Waals surface area contributed by atoms with E-state index in [9.17, 15) is 4.79 Å². The number of hydrogen-bond acceptors (Lipinski definition) is 3. The molecule has 0 radical (unpaired) electrons. The Balaban J connectivity index is 2.23. The van der Waals surface area contributed by atoms with Gasteiger partial charge in [0.25, 0.3) is 5.91 Å². The van der Waals surface area contributed by atoms with Crippen molar-refractivity contribution in [2.45, 2.75) is 6.92 Å². The highest BCUT2D eigenvalue weighted by molar-refractivity contribution is 7.14. The summed E-state index contributed by atoms with van der Waals surface area (Å²) in [7, 11) is 0. The van der Waals surface area contributed by atoms with Gasteiger partial charge in [-0.25, -0.2) is 0 Å². The molecule has 2 rings (SSSR count). The number of benzene rings is 1. The standard InChI is InChI=1S/C12H10Cl2N2OS/c1-6-9(15)5-11(18-6)12(17)16-10-4-7(13)2-3-8(10)14/h2-5H,15H2,1H3,(H,16,17). The molecule has 2 aromatic rings. The van der Waals surface area contributed by atoms with Crippen molar-refractivity contribution in [1.82, 2.24) is 0 Å². The third-order valence-electron chi connectivity index (χ3n) is 2.36. The summed E-state index contributed by atoms with van der Waals surface area (Å²) in [6.07, 6.45) is 0. The normalized spacial score (nSPS) is 10.4. The van der Waals surface area contributed by atoms with Gasteiger partial charge < -0.3 is 11.1 Å². The lowest BCUT2D eigenvalue weighted by Gasteiger charge is -2.06. The van der Waals surface area contributed by atoms with E-state index in [1.54, 1.807) is 24.3 Å². The first-order valence-corrected chi connectivity index (χ1v) is 6.67. The Kier molecular flexibility index (Phi) is 3.80. The van der Waals surface area contributed by atoms with Gasteiger partial charge in [-0.15, -0.1) is 11.3 Å². The Morgan fingerprint density at radius 2 is 2.06 bits per heavy atom. The number of nitrogens with one attached hydrogen (secondary N) is 1. The van der Waals surface area contributed by atoms with Gasteiger partial charge in [-0.05, 0) is 31.2 Å². The molecule has 6 heteroatoms. The van der Waals surface area contributed by atoms with E-state index in [1.165, 1.54) is 11.3 Å². The number of aryl methyl sites for hydroxylation is 1. The van der Waals surface area contributed by atoms with Crippen LogP contribution >= 0.6 is 34.5 Å². The van der Waals surface area contributed by atoms with Crippen LogP contribution in [0.5, 0.6) is 0 Å². The SMILES string of the molecule is Cc1sc(C(=O)Nc2cc(Cl)ccc2Cl)cc1N. The van der Waals surface area contributed by atoms with Gasteiger partial charge in [0.2, 0.25) is 0 Å². The van der Waals surface area contributed by atoms with Crippen LogP contribution in [-0.4, -0.2) is 5.91 Å². The number of carbonyl (C=O) groups excluding carboxylic acids is 1. The molecule has 0 bridgehead atoms. The molecule has 0 aliphatic heterocycles. The van der Waals surface area contributed by atoms with Gasteiger partial charge in [0.05, 0.1) is 15.6 Å². The summed E-state index contributed by atoms with van der Waals surface area (Å²) in [5.41, 5.74) is 6.81. The van der Waals surface area contributed by atoms with Crippen molar-refractivity contribution in [3.8, 4) is 0 Å². The maximum Gasteiger partial charge on any atom is 0.265 e. The molecule has 0 spiro atoms. The molecule has 3 N–H and O–H groups in total. The molecule has 0 fully saturated rings. The van der Waals surface area contributed by atoms with Crippen molar-refractivity contribution in [2.24, 2.45) is 0 Å². The second kappa shape index (κ2) is 5.18. The number of nitrogen functional groups attached to an aromatic ring is 1. The van der Waals surface area contributed by atoms with Gasteiger partial charge in [0.1, 0.15) is 0 Å². The molecule has 18 heavy (non-hydrogen) atoms. The minimum Gasteiger partial charge on any atom is -0.398 e. The lowest BCUT2D eigenvalue weighted by molar-refractivity contribution is 0.103. The van der Waals surface area contributed by atoms with Crippen LogP contribution < -0.4 is 11.1 Å². The fraction of sp³-hybridized carbons (Fsp3) is 0.0833. The van der Waals surface area contributed by atoms with E-state index >= 15 is 0 Å². The number of nitrogens with two attached hydrogens (primary N) is 1. The van der Waals surface area contributed by atoms with Gasteiger partial charge in [-0.1, -0.05) is 23.2 Å². The van der Waals surface area contributed by atoms with Crippen LogP contribution in [0.15, 0.2) is 24.3 Å². The minimum absolute atomic E-state index is 0.246. The van der Waals surface area contributed by atoms with E-state index in [0.29, 0.717) is 26.3 Å². The molecular formula is C12H10Cl2N2OS. The third-order valence-corrected chi connectivity index (χ3v) is 3.99. The number of hydrogen-bond donors (Lipinski definition) is 2. The zero-order chi connectivity index (χ0) is 13.3. The molecule has 0 aliphatic rings. The molecule has 0 aliphatic carbocycles. The number of carbonyl (C=O) groups is 1. The van der Waals surface area contributed by atoms with Crippen molar-refractivity contribution in [3.63, 3.8) is 0 Å². The third kappa shape index (κ3) is 2.77. The van der Waals surface area contributed by atoms with Crippen molar-refractivity contribution in [2.75, 3.05) is 11.1 Å². The highest BCUT2D eigenvalue weighted by atomic mass is 35.5. The van der Waals surface area contributed by atoms with Gasteiger partial charge >= 0.3 is 0 Å². The second-order valence-electron chi connectivity index (χ2n) is 3.70. The Morgan fingerprint density at radius 3 is 2.67 bits per heavy atom. The molecule has 1 aromatic carbocycles. The fourth-order valence-electron chi connectivity index (χ4n) is 1.39. The Labute approximate surface area is 119 Å². The summed E-state index contributed by atoms with van der Waals surface area (Å²) >= 11 is 13.2. The lowest BCUT2D eigenvalue weighted by Crippen LogP contribution is -2.10. The molecule has 0 saturated heterocycles. The maximum atomic E-state index is 12.0. The van der Waals surface area contributed by atoms with Crippen LogP contribution in [0.25, 0.3) is 0 Å². The van der Waals surface area contributed by atoms with Crippen molar-refractivity contribution >= 4 is 51.8 Å². The Morgan fingerprint density at radius 1 is 1.33 bits per heavy atom. The van der Waals surface area contributed by atoms with Crippen molar-refractivity contribution in [1.29, 1.82) is 0 Å². The first-order valence-electron chi connectivity index (χ1n) is 5.09. The largest absolute Gasteiger partial charge is 0.398 e. The molecule has 3 nitrogen and oxygen atoms in total. The van der Waals surface area contributed by atoms with E-state index in [2.05, 4.69) is 5.32 Å². The summed E-state index contributed by atoms with van der Waals surface area (Å²) in [5, 5.41) is 3.66. The van der Waals surface area contributed by atoms with Gasteiger partial charge in [-0.2, -0.15) is 0 Å². The van der Waals surface area contributed by atoms with Gasteiger partial charge in [-0.3, -0.25) is 4.79 Å². The first kappa shape index (κ1) is 13.2. The molecule has 0 atom stereocenters. The fourth-order valence-corrected chi connectivity index (χ4v) is 2.56. The molecule has 1 aromatic heterocycles. The Bertz CT molecular complexity index is 591. The van der Waals surface area contributed by atoms with Crippen molar-refractivity contribution < 1.29 is 4.79 Å². The van der Waals surface area contributed by atoms with Crippen LogP contribution in [0.2, 0.25) is 10.0 Å². The Hall–Kier alpha value is -1.23. The van der Waals surface area contributed by atoms with Crippen molar-refractivity contribution in [3.05, 3.63) is 44.1 Å². The zero-order valence-corrected chi connectivity index (χ0v) is 11.8. The number of halogens is 2. The van der Waals surface area contributed by atoms with E-state index < -0.39 is 0 Å². The number of rotatable bonds is 2. The van der Waals surface area contributed by atoms with Crippen LogP contribution in [0, 0.1) is 6.92 Å². The molecule has 0 saturated carbocycles. The van der Waals surface area contributed by atoms with Crippen LogP contribution in [-0.2, 0) is 0 Å². The minimum atomic E-state index is -0.246. The quantitative estimate of drug-likeness (QED) is 0.873.